The zero-order valence-corrected chi connectivity index (χ0v) is 7.52. The van der Waals surface area contributed by atoms with Crippen LogP contribution in [0.3, 0.4) is 0 Å². The van der Waals surface area contributed by atoms with Crippen molar-refractivity contribution >= 4 is 11.8 Å². The number of amides is 2. The molecule has 4 N–H and O–H groups in total. The molecule has 0 atom stereocenters. The molecule has 0 spiro atoms. The van der Waals surface area contributed by atoms with Gasteiger partial charge >= 0.3 is 0 Å². The molecule has 13 heavy (non-hydrogen) atoms. The molecule has 0 radical (unpaired) electrons. The lowest BCUT2D eigenvalue weighted by atomic mass is 10.5. The van der Waals surface area contributed by atoms with E-state index >= 15 is 0 Å². The summed E-state index contributed by atoms with van der Waals surface area (Å²) in [6.07, 6.45) is 0. The molecule has 0 fully saturated rings. The summed E-state index contributed by atoms with van der Waals surface area (Å²) < 4.78 is 0. The third-order valence-corrected chi connectivity index (χ3v) is 1.18. The van der Waals surface area contributed by atoms with Crippen LogP contribution in [0.1, 0.15) is 6.92 Å². The lowest BCUT2D eigenvalue weighted by molar-refractivity contribution is -0.125. The number of hydrogen-bond donors (Lipinski definition) is 3. The van der Waals surface area contributed by atoms with Gasteiger partial charge in [-0.15, -0.1) is 5.92 Å². The molecule has 0 aromatic rings. The van der Waals surface area contributed by atoms with E-state index < -0.39 is 0 Å². The molecular weight excluding hydrogens is 170 g/mol. The van der Waals surface area contributed by atoms with Crippen LogP contribution in [0.4, 0.5) is 0 Å². The van der Waals surface area contributed by atoms with Crippen LogP contribution >= 0.6 is 0 Å². The zero-order valence-electron chi connectivity index (χ0n) is 7.52. The third kappa shape index (κ3) is 6.84. The third-order valence-electron chi connectivity index (χ3n) is 1.18. The van der Waals surface area contributed by atoms with Crippen molar-refractivity contribution in [2.45, 2.75) is 6.92 Å². The van der Waals surface area contributed by atoms with E-state index in [9.17, 15) is 9.59 Å². The Hall–Kier alpha value is -1.54. The van der Waals surface area contributed by atoms with E-state index in [0.717, 1.165) is 0 Å². The number of nitrogens with one attached hydrogen (secondary N) is 2. The van der Waals surface area contributed by atoms with Crippen molar-refractivity contribution in [2.75, 3.05) is 19.6 Å². The Labute approximate surface area is 77.1 Å². The molecule has 0 aliphatic carbocycles. The average Bonchev–Trinajstić information content (AvgIpc) is 2.14. The lowest BCUT2D eigenvalue weighted by Crippen LogP contribution is -2.39. The van der Waals surface area contributed by atoms with Gasteiger partial charge in [0.1, 0.15) is 0 Å². The summed E-state index contributed by atoms with van der Waals surface area (Å²) in [4.78, 5) is 21.5. The molecular formula is C8H13N3O2. The predicted octanol–water partition coefficient (Wildman–Crippen LogP) is -1.80. The molecule has 0 aliphatic rings. The molecule has 0 heterocycles. The van der Waals surface area contributed by atoms with Gasteiger partial charge in [0.2, 0.25) is 11.8 Å². The van der Waals surface area contributed by atoms with Crippen molar-refractivity contribution in [2.24, 2.45) is 5.73 Å². The standard InChI is InChI=1S/C8H13N3O2/c1-2-3-4-10-8(13)6-11-7(12)5-9/h4-6,9H2,1H3,(H,10,13)(H,11,12). The van der Waals surface area contributed by atoms with E-state index in [4.69, 9.17) is 5.73 Å². The maximum atomic E-state index is 10.9. The van der Waals surface area contributed by atoms with Gasteiger partial charge in [0, 0.05) is 0 Å². The first-order chi connectivity index (χ1) is 6.20. The average molecular weight is 183 g/mol. The molecule has 0 saturated heterocycles. The number of carbonyl (C=O) groups is 2. The number of nitrogens with two attached hydrogens (primary N) is 1. The molecule has 0 aromatic heterocycles. The minimum absolute atomic E-state index is 0.0541. The predicted molar refractivity (Wildman–Crippen MR) is 48.5 cm³/mol. The Kier molecular flexibility index (Phi) is 6.28. The van der Waals surface area contributed by atoms with E-state index in [1.165, 1.54) is 0 Å². The highest BCUT2D eigenvalue weighted by Gasteiger charge is 2.01. The monoisotopic (exact) mass is 183 g/mol. The summed E-state index contributed by atoms with van der Waals surface area (Å²) in [5.41, 5.74) is 5.01. The molecule has 0 rings (SSSR count). The Morgan fingerprint density at radius 1 is 1.31 bits per heavy atom. The lowest BCUT2D eigenvalue weighted by Gasteiger charge is -2.02. The molecule has 5 heteroatoms. The summed E-state index contributed by atoms with van der Waals surface area (Å²) in [6, 6.07) is 0. The SMILES string of the molecule is CC#CCNC(=O)CNC(=O)CN. The molecule has 5 nitrogen and oxygen atoms in total. The van der Waals surface area contributed by atoms with Crippen LogP contribution in [0, 0.1) is 11.8 Å². The Bertz CT molecular complexity index is 240. The van der Waals surface area contributed by atoms with Gasteiger partial charge in [-0.25, -0.2) is 0 Å². The fraction of sp³-hybridized carbons (Fsp3) is 0.500. The molecule has 0 aliphatic heterocycles. The Morgan fingerprint density at radius 3 is 2.54 bits per heavy atom. The smallest absolute Gasteiger partial charge is 0.240 e. The van der Waals surface area contributed by atoms with Crippen LogP contribution in [0.2, 0.25) is 0 Å². The molecule has 0 aromatic carbocycles. The second-order valence-corrected chi connectivity index (χ2v) is 2.18. The van der Waals surface area contributed by atoms with Gasteiger partial charge in [-0.3, -0.25) is 9.59 Å². The largest absolute Gasteiger partial charge is 0.346 e. The number of hydrogen-bond acceptors (Lipinski definition) is 3. The van der Waals surface area contributed by atoms with Crippen molar-refractivity contribution in [3.8, 4) is 11.8 Å². The van der Waals surface area contributed by atoms with Crippen LogP contribution in [0.15, 0.2) is 0 Å². The van der Waals surface area contributed by atoms with Crippen LogP contribution in [0.5, 0.6) is 0 Å². The Balaban J connectivity index is 3.49. The summed E-state index contributed by atoms with van der Waals surface area (Å²) in [6.45, 7) is 1.82. The molecule has 0 bridgehead atoms. The van der Waals surface area contributed by atoms with Gasteiger partial charge in [-0.05, 0) is 6.92 Å². The first kappa shape index (κ1) is 11.5. The van der Waals surface area contributed by atoms with E-state index in [0.29, 0.717) is 6.54 Å². The van der Waals surface area contributed by atoms with Crippen LogP contribution < -0.4 is 16.4 Å². The van der Waals surface area contributed by atoms with Crippen molar-refractivity contribution < 1.29 is 9.59 Å². The van der Waals surface area contributed by atoms with Gasteiger partial charge in [0.05, 0.1) is 19.6 Å². The van der Waals surface area contributed by atoms with Crippen LogP contribution in [-0.4, -0.2) is 31.4 Å². The normalized spacial score (nSPS) is 8.15. The second kappa shape index (κ2) is 7.13. The van der Waals surface area contributed by atoms with Crippen LogP contribution in [-0.2, 0) is 9.59 Å². The van der Waals surface area contributed by atoms with Crippen molar-refractivity contribution in [1.82, 2.24) is 10.6 Å². The second-order valence-electron chi connectivity index (χ2n) is 2.18. The van der Waals surface area contributed by atoms with E-state index in [1.54, 1.807) is 6.92 Å². The fourth-order valence-electron chi connectivity index (χ4n) is 0.545. The van der Waals surface area contributed by atoms with Crippen molar-refractivity contribution in [3.05, 3.63) is 0 Å². The van der Waals surface area contributed by atoms with Gasteiger partial charge in [0.25, 0.3) is 0 Å². The highest BCUT2D eigenvalue weighted by Crippen LogP contribution is 1.65. The van der Waals surface area contributed by atoms with E-state index in [2.05, 4.69) is 22.5 Å². The van der Waals surface area contributed by atoms with Crippen molar-refractivity contribution in [1.29, 1.82) is 0 Å². The molecule has 2 amide bonds. The Morgan fingerprint density at radius 2 is 2.00 bits per heavy atom. The zero-order chi connectivity index (χ0) is 10.1. The first-order valence-corrected chi connectivity index (χ1v) is 3.83. The summed E-state index contributed by atoms with van der Waals surface area (Å²) in [5, 5.41) is 4.83. The van der Waals surface area contributed by atoms with Crippen molar-refractivity contribution in [3.63, 3.8) is 0 Å². The minimum atomic E-state index is -0.350. The van der Waals surface area contributed by atoms with Gasteiger partial charge < -0.3 is 16.4 Å². The maximum absolute atomic E-state index is 10.9. The summed E-state index contributed by atoms with van der Waals surface area (Å²) in [7, 11) is 0. The number of rotatable bonds is 4. The highest BCUT2D eigenvalue weighted by atomic mass is 16.2. The number of carbonyl (C=O) groups excluding carboxylic acids is 2. The van der Waals surface area contributed by atoms with E-state index in [-0.39, 0.29) is 24.9 Å². The van der Waals surface area contributed by atoms with Gasteiger partial charge in [-0.2, -0.15) is 0 Å². The fourth-order valence-corrected chi connectivity index (χ4v) is 0.545. The van der Waals surface area contributed by atoms with Gasteiger partial charge in [0.15, 0.2) is 0 Å². The van der Waals surface area contributed by atoms with Crippen LogP contribution in [0.25, 0.3) is 0 Å². The quantitative estimate of drug-likeness (QED) is 0.450. The maximum Gasteiger partial charge on any atom is 0.240 e. The summed E-state index contributed by atoms with van der Waals surface area (Å²) >= 11 is 0. The molecule has 72 valence electrons. The highest BCUT2D eigenvalue weighted by molar-refractivity contribution is 5.85. The van der Waals surface area contributed by atoms with E-state index in [1.807, 2.05) is 0 Å². The summed E-state index contributed by atoms with van der Waals surface area (Å²) in [5.74, 6) is 4.66. The first-order valence-electron chi connectivity index (χ1n) is 3.83. The minimum Gasteiger partial charge on any atom is -0.346 e. The molecule has 0 saturated carbocycles. The molecule has 0 unspecified atom stereocenters. The van der Waals surface area contributed by atoms with Gasteiger partial charge in [-0.1, -0.05) is 5.92 Å². The topological polar surface area (TPSA) is 84.2 Å².